The highest BCUT2D eigenvalue weighted by atomic mass is 32.2. The first-order chi connectivity index (χ1) is 9.21. The quantitative estimate of drug-likeness (QED) is 0.889. The molecule has 0 aliphatic carbocycles. The summed E-state index contributed by atoms with van der Waals surface area (Å²) >= 11 is 0. The maximum atomic E-state index is 12.5. The van der Waals surface area contributed by atoms with Crippen molar-refractivity contribution in [2.75, 3.05) is 27.3 Å². The van der Waals surface area contributed by atoms with Gasteiger partial charge in [0.2, 0.25) is 10.0 Å². The molecule has 1 heterocycles. The van der Waals surface area contributed by atoms with E-state index in [9.17, 15) is 13.5 Å². The summed E-state index contributed by atoms with van der Waals surface area (Å²) in [6, 6.07) is 3.08. The summed E-state index contributed by atoms with van der Waals surface area (Å²) in [6.45, 7) is 3.51. The van der Waals surface area contributed by atoms with Crippen LogP contribution >= 0.6 is 0 Å². The number of nitrogens with zero attached hydrogens (tertiary/aromatic N) is 1. The van der Waals surface area contributed by atoms with Crippen molar-refractivity contribution in [1.82, 2.24) is 4.31 Å². The van der Waals surface area contributed by atoms with Gasteiger partial charge in [-0.25, -0.2) is 8.42 Å². The number of methoxy groups -OCH3 is 2. The van der Waals surface area contributed by atoms with E-state index in [0.29, 0.717) is 17.1 Å². The van der Waals surface area contributed by atoms with Crippen molar-refractivity contribution in [2.24, 2.45) is 0 Å². The zero-order chi connectivity index (χ0) is 15.1. The third kappa shape index (κ3) is 2.48. The first-order valence-electron chi connectivity index (χ1n) is 6.16. The molecule has 1 aromatic carbocycles. The second kappa shape index (κ2) is 4.91. The van der Waals surface area contributed by atoms with Crippen molar-refractivity contribution >= 4 is 10.0 Å². The van der Waals surface area contributed by atoms with Crippen molar-refractivity contribution in [1.29, 1.82) is 0 Å². The minimum Gasteiger partial charge on any atom is -0.493 e. The molecule has 20 heavy (non-hydrogen) atoms. The molecular weight excluding hydrogens is 282 g/mol. The van der Waals surface area contributed by atoms with Crippen LogP contribution in [0.2, 0.25) is 0 Å². The van der Waals surface area contributed by atoms with Crippen LogP contribution in [0.25, 0.3) is 0 Å². The van der Waals surface area contributed by atoms with Crippen LogP contribution in [0.5, 0.6) is 11.5 Å². The van der Waals surface area contributed by atoms with Crippen LogP contribution in [-0.2, 0) is 10.0 Å². The predicted molar refractivity (Wildman–Crippen MR) is 73.7 cm³/mol. The van der Waals surface area contributed by atoms with Crippen molar-refractivity contribution < 1.29 is 23.0 Å². The average Bonchev–Trinajstić information content (AvgIpc) is 2.35. The number of hydrogen-bond acceptors (Lipinski definition) is 5. The van der Waals surface area contributed by atoms with E-state index in [4.69, 9.17) is 9.47 Å². The van der Waals surface area contributed by atoms with Crippen LogP contribution in [0.15, 0.2) is 17.0 Å². The molecule has 1 aliphatic heterocycles. The van der Waals surface area contributed by atoms with Crippen molar-refractivity contribution in [3.8, 4) is 11.5 Å². The summed E-state index contributed by atoms with van der Waals surface area (Å²) in [5.41, 5.74) is -0.369. The molecular formula is C13H19NO5S. The molecule has 6 nitrogen and oxygen atoms in total. The Morgan fingerprint density at radius 2 is 1.70 bits per heavy atom. The number of benzene rings is 1. The number of aryl methyl sites for hydroxylation is 1. The Morgan fingerprint density at radius 1 is 1.20 bits per heavy atom. The van der Waals surface area contributed by atoms with Crippen LogP contribution in [0.4, 0.5) is 0 Å². The smallest absolute Gasteiger partial charge is 0.243 e. The summed E-state index contributed by atoms with van der Waals surface area (Å²) in [5.74, 6) is 0.850. The Morgan fingerprint density at radius 3 is 2.15 bits per heavy atom. The first kappa shape index (κ1) is 15.1. The van der Waals surface area contributed by atoms with E-state index in [1.165, 1.54) is 24.6 Å². The molecule has 2 rings (SSSR count). The molecule has 0 amide bonds. The molecule has 7 heteroatoms. The van der Waals surface area contributed by atoms with Gasteiger partial charge in [-0.05, 0) is 25.5 Å². The highest BCUT2D eigenvalue weighted by Crippen LogP contribution is 2.35. The normalized spacial score (nSPS) is 18.4. The van der Waals surface area contributed by atoms with E-state index in [2.05, 4.69) is 0 Å². The second-order valence-corrected chi connectivity index (χ2v) is 7.15. The maximum Gasteiger partial charge on any atom is 0.243 e. The molecule has 1 aromatic rings. The number of rotatable bonds is 4. The SMILES string of the molecule is COc1cc(C)c(S(=O)(=O)N2CC(C)(O)C2)cc1OC. The Labute approximate surface area is 119 Å². The predicted octanol–water partition coefficient (Wildman–Crippen LogP) is 0.768. The van der Waals surface area contributed by atoms with Gasteiger partial charge in [-0.15, -0.1) is 0 Å². The fourth-order valence-corrected chi connectivity index (χ4v) is 4.16. The number of aliphatic hydroxyl groups is 1. The topological polar surface area (TPSA) is 76.1 Å². The monoisotopic (exact) mass is 301 g/mol. The Kier molecular flexibility index (Phi) is 3.70. The lowest BCUT2D eigenvalue weighted by atomic mass is 10.0. The molecule has 1 saturated heterocycles. The number of hydrogen-bond donors (Lipinski definition) is 1. The van der Waals surface area contributed by atoms with Gasteiger partial charge >= 0.3 is 0 Å². The molecule has 1 aliphatic rings. The van der Waals surface area contributed by atoms with Crippen molar-refractivity contribution in [3.05, 3.63) is 17.7 Å². The lowest BCUT2D eigenvalue weighted by Crippen LogP contribution is -2.61. The fourth-order valence-electron chi connectivity index (χ4n) is 2.26. The summed E-state index contributed by atoms with van der Waals surface area (Å²) in [6.07, 6.45) is 0. The summed E-state index contributed by atoms with van der Waals surface area (Å²) in [7, 11) is -0.669. The van der Waals surface area contributed by atoms with Gasteiger partial charge in [-0.1, -0.05) is 0 Å². The lowest BCUT2D eigenvalue weighted by Gasteiger charge is -2.43. The number of sulfonamides is 1. The molecule has 0 spiro atoms. The van der Waals surface area contributed by atoms with Crippen LogP contribution in [0, 0.1) is 6.92 Å². The van der Waals surface area contributed by atoms with Gasteiger partial charge < -0.3 is 14.6 Å². The fraction of sp³-hybridized carbons (Fsp3) is 0.538. The molecule has 0 unspecified atom stereocenters. The number of ether oxygens (including phenoxy) is 2. The van der Waals surface area contributed by atoms with Gasteiger partial charge in [0, 0.05) is 19.2 Å². The summed E-state index contributed by atoms with van der Waals surface area (Å²) in [4.78, 5) is 0.172. The third-order valence-corrected chi connectivity index (χ3v) is 5.27. The molecule has 0 aromatic heterocycles. The standard InChI is InChI=1S/C13H19NO5S/c1-9-5-10(18-3)11(19-4)6-12(9)20(16,17)14-7-13(2,15)8-14/h5-6,15H,7-8H2,1-4H3. The lowest BCUT2D eigenvalue weighted by molar-refractivity contribution is -0.0426. The zero-order valence-electron chi connectivity index (χ0n) is 12.0. The zero-order valence-corrected chi connectivity index (χ0v) is 12.8. The Bertz CT molecular complexity index is 616. The molecule has 1 fully saturated rings. The van der Waals surface area contributed by atoms with E-state index in [0.717, 1.165) is 0 Å². The maximum absolute atomic E-state index is 12.5. The molecule has 0 saturated carbocycles. The van der Waals surface area contributed by atoms with Crippen LogP contribution in [-0.4, -0.2) is 50.7 Å². The highest BCUT2D eigenvalue weighted by molar-refractivity contribution is 7.89. The van der Waals surface area contributed by atoms with E-state index >= 15 is 0 Å². The van der Waals surface area contributed by atoms with Gasteiger partial charge in [0.1, 0.15) is 0 Å². The second-order valence-electron chi connectivity index (χ2n) is 5.24. The van der Waals surface area contributed by atoms with Gasteiger partial charge in [0.05, 0.1) is 24.7 Å². The summed E-state index contributed by atoms with van der Waals surface area (Å²) < 4.78 is 36.6. The van der Waals surface area contributed by atoms with Gasteiger partial charge in [-0.3, -0.25) is 0 Å². The molecule has 112 valence electrons. The van der Waals surface area contributed by atoms with Gasteiger partial charge in [-0.2, -0.15) is 4.31 Å². The molecule has 0 bridgehead atoms. The van der Waals surface area contributed by atoms with E-state index in [1.54, 1.807) is 19.9 Å². The van der Waals surface area contributed by atoms with Crippen molar-refractivity contribution in [3.63, 3.8) is 0 Å². The van der Waals surface area contributed by atoms with Crippen LogP contribution < -0.4 is 9.47 Å². The van der Waals surface area contributed by atoms with E-state index in [-0.39, 0.29) is 18.0 Å². The first-order valence-corrected chi connectivity index (χ1v) is 7.60. The third-order valence-electron chi connectivity index (χ3n) is 3.33. The van der Waals surface area contributed by atoms with E-state index in [1.807, 2.05) is 0 Å². The van der Waals surface area contributed by atoms with Gasteiger partial charge in [0.25, 0.3) is 0 Å². The number of β-amino-alcohol motifs (C(OH)–C–C–N with tert-alkyl or cyclic N) is 1. The Hall–Kier alpha value is -1.31. The van der Waals surface area contributed by atoms with Crippen LogP contribution in [0.3, 0.4) is 0 Å². The Balaban J connectivity index is 2.42. The molecule has 0 atom stereocenters. The largest absolute Gasteiger partial charge is 0.493 e. The summed E-state index contributed by atoms with van der Waals surface area (Å²) in [5, 5.41) is 9.70. The molecule has 0 radical (unpaired) electrons. The highest BCUT2D eigenvalue weighted by Gasteiger charge is 2.44. The minimum absolute atomic E-state index is 0.100. The molecule has 1 N–H and O–H groups in total. The average molecular weight is 301 g/mol. The van der Waals surface area contributed by atoms with Crippen LogP contribution in [0.1, 0.15) is 12.5 Å². The minimum atomic E-state index is -3.62. The van der Waals surface area contributed by atoms with Crippen molar-refractivity contribution in [2.45, 2.75) is 24.3 Å². The van der Waals surface area contributed by atoms with Gasteiger partial charge in [0.15, 0.2) is 11.5 Å². The van der Waals surface area contributed by atoms with E-state index < -0.39 is 15.6 Å².